The lowest BCUT2D eigenvalue weighted by Gasteiger charge is -2.25. The van der Waals surface area contributed by atoms with Gasteiger partial charge >= 0.3 is 5.37 Å². The molecular formula is C16H24ClNO2. The number of carbonyl (C=O) groups is 1. The van der Waals surface area contributed by atoms with E-state index in [-0.39, 0.29) is 6.73 Å². The standard InChI is InChI=1S/C16H24ClNO2/c1-4-7-11-20-12-18(16(17)19)15-13(5-2)9-8-10-14(15)6-3/h8-10H,4-7,11-12H2,1-3H3. The lowest BCUT2D eigenvalue weighted by atomic mass is 10.0. The number of rotatable bonds is 8. The molecule has 4 heteroatoms. The molecule has 112 valence electrons. The van der Waals surface area contributed by atoms with Crippen molar-refractivity contribution < 1.29 is 9.53 Å². The summed E-state index contributed by atoms with van der Waals surface area (Å²) < 4.78 is 5.57. The maximum Gasteiger partial charge on any atom is 0.322 e. The number of benzene rings is 1. The van der Waals surface area contributed by atoms with Gasteiger partial charge in [-0.3, -0.25) is 9.69 Å². The Morgan fingerprint density at radius 1 is 1.20 bits per heavy atom. The Hall–Kier alpha value is -1.06. The molecule has 0 atom stereocenters. The van der Waals surface area contributed by atoms with E-state index >= 15 is 0 Å². The van der Waals surface area contributed by atoms with Crippen molar-refractivity contribution in [1.29, 1.82) is 0 Å². The van der Waals surface area contributed by atoms with Crippen LogP contribution in [0.25, 0.3) is 0 Å². The number of halogens is 1. The highest BCUT2D eigenvalue weighted by molar-refractivity contribution is 6.66. The van der Waals surface area contributed by atoms with E-state index in [1.807, 2.05) is 18.2 Å². The van der Waals surface area contributed by atoms with Gasteiger partial charge in [-0.2, -0.15) is 0 Å². The Balaban J connectivity index is 2.98. The largest absolute Gasteiger partial charge is 0.361 e. The predicted molar refractivity (Wildman–Crippen MR) is 84.7 cm³/mol. The normalized spacial score (nSPS) is 10.6. The first-order chi connectivity index (χ1) is 9.65. The van der Waals surface area contributed by atoms with Gasteiger partial charge in [-0.15, -0.1) is 0 Å². The number of anilines is 1. The minimum atomic E-state index is -0.489. The van der Waals surface area contributed by atoms with Crippen LogP contribution in [-0.2, 0) is 17.6 Å². The van der Waals surface area contributed by atoms with Crippen molar-refractivity contribution in [2.45, 2.75) is 46.5 Å². The summed E-state index contributed by atoms with van der Waals surface area (Å²) in [5.74, 6) is 0. The Kier molecular flexibility index (Phi) is 7.63. The molecular weight excluding hydrogens is 274 g/mol. The summed E-state index contributed by atoms with van der Waals surface area (Å²) in [5.41, 5.74) is 3.16. The van der Waals surface area contributed by atoms with Gasteiger partial charge in [-0.1, -0.05) is 45.4 Å². The van der Waals surface area contributed by atoms with E-state index in [0.717, 1.165) is 42.5 Å². The van der Waals surface area contributed by atoms with Crippen molar-refractivity contribution in [3.63, 3.8) is 0 Å². The van der Waals surface area contributed by atoms with Gasteiger partial charge < -0.3 is 4.74 Å². The van der Waals surface area contributed by atoms with Crippen LogP contribution in [0.15, 0.2) is 18.2 Å². The van der Waals surface area contributed by atoms with Crippen LogP contribution < -0.4 is 4.90 Å². The van der Waals surface area contributed by atoms with Gasteiger partial charge in [-0.25, -0.2) is 0 Å². The molecule has 0 spiro atoms. The third-order valence-electron chi connectivity index (χ3n) is 3.31. The molecule has 3 nitrogen and oxygen atoms in total. The Bertz CT molecular complexity index is 412. The summed E-state index contributed by atoms with van der Waals surface area (Å²) in [5, 5.41) is -0.489. The molecule has 0 aliphatic rings. The van der Waals surface area contributed by atoms with Crippen LogP contribution in [0.4, 0.5) is 10.5 Å². The van der Waals surface area contributed by atoms with Crippen molar-refractivity contribution >= 4 is 22.7 Å². The topological polar surface area (TPSA) is 29.5 Å². The first-order valence-electron chi connectivity index (χ1n) is 7.31. The minimum Gasteiger partial charge on any atom is -0.361 e. The van der Waals surface area contributed by atoms with Crippen LogP contribution >= 0.6 is 11.6 Å². The minimum absolute atomic E-state index is 0.215. The average molecular weight is 298 g/mol. The molecule has 1 aromatic carbocycles. The second-order valence-electron chi connectivity index (χ2n) is 4.70. The molecule has 20 heavy (non-hydrogen) atoms. The molecule has 0 aromatic heterocycles. The number of amides is 1. The van der Waals surface area contributed by atoms with Gasteiger partial charge in [0.2, 0.25) is 0 Å². The van der Waals surface area contributed by atoms with Gasteiger partial charge in [0, 0.05) is 6.61 Å². The molecule has 0 N–H and O–H groups in total. The number of ether oxygens (including phenoxy) is 1. The Morgan fingerprint density at radius 2 is 1.80 bits per heavy atom. The van der Waals surface area contributed by atoms with Crippen molar-refractivity contribution in [2.24, 2.45) is 0 Å². The third kappa shape index (κ3) is 4.50. The van der Waals surface area contributed by atoms with Gasteiger partial charge in [0.25, 0.3) is 0 Å². The lowest BCUT2D eigenvalue weighted by molar-refractivity contribution is 0.135. The van der Waals surface area contributed by atoms with Crippen LogP contribution in [-0.4, -0.2) is 18.7 Å². The SMILES string of the molecule is CCCCOCN(C(=O)Cl)c1c(CC)cccc1CC. The number of hydrogen-bond donors (Lipinski definition) is 0. The molecule has 0 radical (unpaired) electrons. The van der Waals surface area contributed by atoms with E-state index in [1.165, 1.54) is 4.90 Å². The highest BCUT2D eigenvalue weighted by Gasteiger charge is 2.19. The smallest absolute Gasteiger partial charge is 0.322 e. The molecule has 0 bridgehead atoms. The number of para-hydroxylation sites is 1. The zero-order valence-corrected chi connectivity index (χ0v) is 13.4. The van der Waals surface area contributed by atoms with Gasteiger partial charge in [0.1, 0.15) is 6.73 Å². The summed E-state index contributed by atoms with van der Waals surface area (Å²) in [7, 11) is 0. The van der Waals surface area contributed by atoms with Crippen molar-refractivity contribution in [3.8, 4) is 0 Å². The highest BCUT2D eigenvalue weighted by Crippen LogP contribution is 2.28. The second kappa shape index (κ2) is 8.98. The summed E-state index contributed by atoms with van der Waals surface area (Å²) in [6.07, 6.45) is 3.78. The first kappa shape index (κ1) is 17.0. The number of aryl methyl sites for hydroxylation is 2. The summed E-state index contributed by atoms with van der Waals surface area (Å²) in [6, 6.07) is 6.09. The molecule has 0 fully saturated rings. The zero-order chi connectivity index (χ0) is 15.0. The fourth-order valence-electron chi connectivity index (χ4n) is 2.17. The lowest BCUT2D eigenvalue weighted by Crippen LogP contribution is -2.30. The number of nitrogens with zero attached hydrogens (tertiary/aromatic N) is 1. The number of hydrogen-bond acceptors (Lipinski definition) is 2. The maximum absolute atomic E-state index is 11.8. The fraction of sp³-hybridized carbons (Fsp3) is 0.562. The Morgan fingerprint density at radius 3 is 2.25 bits per heavy atom. The van der Waals surface area contributed by atoms with Crippen molar-refractivity contribution in [1.82, 2.24) is 0 Å². The van der Waals surface area contributed by atoms with Crippen LogP contribution in [0.3, 0.4) is 0 Å². The molecule has 0 saturated heterocycles. The zero-order valence-electron chi connectivity index (χ0n) is 12.6. The van der Waals surface area contributed by atoms with Crippen molar-refractivity contribution in [2.75, 3.05) is 18.2 Å². The van der Waals surface area contributed by atoms with E-state index in [9.17, 15) is 4.79 Å². The molecule has 0 saturated carbocycles. The van der Waals surface area contributed by atoms with Crippen LogP contribution in [0, 0.1) is 0 Å². The highest BCUT2D eigenvalue weighted by atomic mass is 35.5. The van der Waals surface area contributed by atoms with Crippen LogP contribution in [0.2, 0.25) is 0 Å². The van der Waals surface area contributed by atoms with E-state index < -0.39 is 5.37 Å². The van der Waals surface area contributed by atoms with Gasteiger partial charge in [-0.05, 0) is 42.0 Å². The van der Waals surface area contributed by atoms with Gasteiger partial charge in [0.15, 0.2) is 0 Å². The first-order valence-corrected chi connectivity index (χ1v) is 7.68. The molecule has 1 amide bonds. The predicted octanol–water partition coefficient (Wildman–Crippen LogP) is 4.75. The van der Waals surface area contributed by atoms with Crippen molar-refractivity contribution in [3.05, 3.63) is 29.3 Å². The molecule has 0 unspecified atom stereocenters. The van der Waals surface area contributed by atoms with E-state index in [2.05, 4.69) is 20.8 Å². The average Bonchev–Trinajstić information content (AvgIpc) is 2.46. The molecule has 0 heterocycles. The van der Waals surface area contributed by atoms with Crippen LogP contribution in [0.5, 0.6) is 0 Å². The van der Waals surface area contributed by atoms with Gasteiger partial charge in [0.05, 0.1) is 5.69 Å². The van der Waals surface area contributed by atoms with E-state index in [1.54, 1.807) is 0 Å². The summed E-state index contributed by atoms with van der Waals surface area (Å²) in [6.45, 7) is 7.12. The maximum atomic E-state index is 11.8. The molecule has 1 aromatic rings. The Labute approximate surface area is 126 Å². The molecule has 1 rings (SSSR count). The summed E-state index contributed by atoms with van der Waals surface area (Å²) >= 11 is 5.76. The number of unbranched alkanes of at least 4 members (excludes halogenated alkanes) is 1. The third-order valence-corrected chi connectivity index (χ3v) is 3.51. The molecule has 0 aliphatic carbocycles. The number of carbonyl (C=O) groups excluding carboxylic acids is 1. The second-order valence-corrected chi connectivity index (χ2v) is 5.03. The molecule has 0 aliphatic heterocycles. The monoisotopic (exact) mass is 297 g/mol. The van der Waals surface area contributed by atoms with E-state index in [4.69, 9.17) is 16.3 Å². The van der Waals surface area contributed by atoms with Crippen LogP contribution in [0.1, 0.15) is 44.7 Å². The fourth-order valence-corrected chi connectivity index (χ4v) is 2.30. The van der Waals surface area contributed by atoms with E-state index in [0.29, 0.717) is 6.61 Å². The quantitative estimate of drug-likeness (QED) is 0.300. The summed E-state index contributed by atoms with van der Waals surface area (Å²) in [4.78, 5) is 13.3.